The zero-order valence-electron chi connectivity index (χ0n) is 11.0. The van der Waals surface area contributed by atoms with Crippen molar-refractivity contribution in [2.45, 2.75) is 39.3 Å². The summed E-state index contributed by atoms with van der Waals surface area (Å²) in [5.41, 5.74) is -2.81. The Morgan fingerprint density at radius 2 is 1.84 bits per heavy atom. The Morgan fingerprint density at radius 3 is 2.16 bits per heavy atom. The minimum absolute atomic E-state index is 0.152. The molecule has 0 aliphatic carbocycles. The lowest BCUT2D eigenvalue weighted by Gasteiger charge is -2.28. The molecule has 1 amide bonds. The van der Waals surface area contributed by atoms with E-state index in [4.69, 9.17) is 5.11 Å². The Bertz CT molecular complexity index is 366. The van der Waals surface area contributed by atoms with Crippen LogP contribution in [-0.2, 0) is 9.59 Å². The number of hydrogen-bond donors (Lipinski definition) is 1. The average molecular weight is 281 g/mol. The molecule has 19 heavy (non-hydrogen) atoms. The van der Waals surface area contributed by atoms with Gasteiger partial charge in [-0.15, -0.1) is 0 Å². The van der Waals surface area contributed by atoms with E-state index in [9.17, 15) is 22.8 Å². The van der Waals surface area contributed by atoms with E-state index in [1.54, 1.807) is 13.8 Å². The van der Waals surface area contributed by atoms with Gasteiger partial charge in [-0.3, -0.25) is 9.59 Å². The van der Waals surface area contributed by atoms with Crippen molar-refractivity contribution in [2.75, 3.05) is 13.1 Å². The summed E-state index contributed by atoms with van der Waals surface area (Å²) in [7, 11) is 0. The largest absolute Gasteiger partial charge is 0.481 e. The summed E-state index contributed by atoms with van der Waals surface area (Å²) in [5, 5.41) is 8.89. The summed E-state index contributed by atoms with van der Waals surface area (Å²) in [5.74, 6) is -2.62. The number of carbonyl (C=O) groups excluding carboxylic acids is 1. The van der Waals surface area contributed by atoms with Crippen LogP contribution >= 0.6 is 0 Å². The van der Waals surface area contributed by atoms with E-state index < -0.39 is 30.5 Å². The quantitative estimate of drug-likeness (QED) is 0.860. The number of aliphatic carboxylic acids is 1. The Labute approximate surface area is 109 Å². The molecule has 0 saturated carbocycles. The first-order valence-corrected chi connectivity index (χ1v) is 6.28. The second-order valence-corrected chi connectivity index (χ2v) is 4.91. The number of likely N-dealkylation sites (tertiary alicyclic amines) is 1. The third-order valence-electron chi connectivity index (χ3n) is 3.87. The first kappa shape index (κ1) is 15.8. The van der Waals surface area contributed by atoms with Gasteiger partial charge in [0, 0.05) is 19.0 Å². The fourth-order valence-corrected chi connectivity index (χ4v) is 2.42. The van der Waals surface area contributed by atoms with Crippen molar-refractivity contribution >= 4 is 11.9 Å². The molecule has 0 spiro atoms. The van der Waals surface area contributed by atoms with Crippen molar-refractivity contribution < 1.29 is 27.9 Å². The Kier molecular flexibility index (Phi) is 4.47. The lowest BCUT2D eigenvalue weighted by molar-refractivity contribution is -0.227. The van der Waals surface area contributed by atoms with Crippen molar-refractivity contribution in [3.05, 3.63) is 0 Å². The Balaban J connectivity index is 2.92. The van der Waals surface area contributed by atoms with Crippen LogP contribution in [0.15, 0.2) is 0 Å². The van der Waals surface area contributed by atoms with Crippen molar-refractivity contribution in [3.8, 4) is 0 Å². The topological polar surface area (TPSA) is 57.6 Å². The molecule has 1 saturated heterocycles. The zero-order valence-corrected chi connectivity index (χ0v) is 11.0. The van der Waals surface area contributed by atoms with Gasteiger partial charge in [-0.25, -0.2) is 0 Å². The number of alkyl halides is 3. The standard InChI is InChI=1S/C12H18F3NO3/c1-3-8(4-2)9(17)16-6-5-11(7-16,10(18)19)12(13,14)15/h8H,3-7H2,1-2H3,(H,18,19). The molecule has 1 atom stereocenters. The van der Waals surface area contributed by atoms with E-state index >= 15 is 0 Å². The van der Waals surface area contributed by atoms with Crippen LogP contribution in [0.5, 0.6) is 0 Å². The van der Waals surface area contributed by atoms with Gasteiger partial charge in [0.15, 0.2) is 5.41 Å². The van der Waals surface area contributed by atoms with Crippen molar-refractivity contribution in [1.82, 2.24) is 4.90 Å². The van der Waals surface area contributed by atoms with Gasteiger partial charge in [-0.05, 0) is 19.3 Å². The molecule has 0 aromatic carbocycles. The predicted molar refractivity (Wildman–Crippen MR) is 61.4 cm³/mol. The molecule has 1 rings (SSSR count). The monoisotopic (exact) mass is 281 g/mol. The van der Waals surface area contributed by atoms with Crippen LogP contribution in [0.1, 0.15) is 33.1 Å². The van der Waals surface area contributed by atoms with E-state index in [0.29, 0.717) is 12.8 Å². The highest BCUT2D eigenvalue weighted by molar-refractivity contribution is 5.82. The van der Waals surface area contributed by atoms with Crippen molar-refractivity contribution in [2.24, 2.45) is 11.3 Å². The van der Waals surface area contributed by atoms with Crippen molar-refractivity contribution in [3.63, 3.8) is 0 Å². The molecular weight excluding hydrogens is 263 g/mol. The van der Waals surface area contributed by atoms with Gasteiger partial charge >= 0.3 is 12.1 Å². The van der Waals surface area contributed by atoms with Crippen LogP contribution in [0.2, 0.25) is 0 Å². The highest BCUT2D eigenvalue weighted by Gasteiger charge is 2.64. The van der Waals surface area contributed by atoms with Crippen LogP contribution in [0.25, 0.3) is 0 Å². The molecular formula is C12H18F3NO3. The van der Waals surface area contributed by atoms with Crippen LogP contribution in [-0.4, -0.2) is 41.1 Å². The minimum Gasteiger partial charge on any atom is -0.481 e. The molecule has 1 N–H and O–H groups in total. The van der Waals surface area contributed by atoms with Gasteiger partial charge in [0.1, 0.15) is 0 Å². The Morgan fingerprint density at radius 1 is 1.32 bits per heavy atom. The summed E-state index contributed by atoms with van der Waals surface area (Å²) in [6.07, 6.45) is -4.34. The molecule has 1 heterocycles. The Hall–Kier alpha value is -1.27. The lowest BCUT2D eigenvalue weighted by atomic mass is 9.86. The lowest BCUT2D eigenvalue weighted by Crippen LogP contribution is -2.48. The normalized spacial score (nSPS) is 24.0. The first-order valence-electron chi connectivity index (χ1n) is 6.28. The molecule has 1 fully saturated rings. The molecule has 1 aliphatic heterocycles. The fourth-order valence-electron chi connectivity index (χ4n) is 2.42. The second kappa shape index (κ2) is 5.38. The zero-order chi connectivity index (χ0) is 14.8. The molecule has 1 unspecified atom stereocenters. The van der Waals surface area contributed by atoms with Gasteiger partial charge in [0.25, 0.3) is 0 Å². The number of amides is 1. The highest BCUT2D eigenvalue weighted by atomic mass is 19.4. The molecule has 0 aromatic rings. The third kappa shape index (κ3) is 2.69. The molecule has 0 radical (unpaired) electrons. The first-order chi connectivity index (χ1) is 8.69. The molecule has 4 nitrogen and oxygen atoms in total. The van der Waals surface area contributed by atoms with E-state index in [-0.39, 0.29) is 18.4 Å². The summed E-state index contributed by atoms with van der Waals surface area (Å²) in [6.45, 7) is 2.65. The summed E-state index contributed by atoms with van der Waals surface area (Å²) < 4.78 is 38.8. The van der Waals surface area contributed by atoms with Gasteiger partial charge in [0.2, 0.25) is 5.91 Å². The van der Waals surface area contributed by atoms with Gasteiger partial charge in [-0.1, -0.05) is 13.8 Å². The van der Waals surface area contributed by atoms with E-state index in [2.05, 4.69) is 0 Å². The summed E-state index contributed by atoms with van der Waals surface area (Å²) >= 11 is 0. The molecule has 110 valence electrons. The summed E-state index contributed by atoms with van der Waals surface area (Å²) in [4.78, 5) is 24.0. The number of halogens is 3. The maximum atomic E-state index is 12.9. The number of hydrogen-bond acceptors (Lipinski definition) is 2. The van der Waals surface area contributed by atoms with Gasteiger partial charge in [0.05, 0.1) is 0 Å². The van der Waals surface area contributed by atoms with Crippen molar-refractivity contribution in [1.29, 1.82) is 0 Å². The minimum atomic E-state index is -4.85. The van der Waals surface area contributed by atoms with Gasteiger partial charge < -0.3 is 10.0 Å². The highest BCUT2D eigenvalue weighted by Crippen LogP contribution is 2.46. The van der Waals surface area contributed by atoms with E-state index in [0.717, 1.165) is 4.90 Å². The maximum Gasteiger partial charge on any atom is 0.406 e. The predicted octanol–water partition coefficient (Wildman–Crippen LogP) is 2.29. The number of carbonyl (C=O) groups is 2. The summed E-state index contributed by atoms with van der Waals surface area (Å²) in [6, 6.07) is 0. The number of carboxylic acid groups (broad SMARTS) is 1. The maximum absolute atomic E-state index is 12.9. The molecule has 1 aliphatic rings. The van der Waals surface area contributed by atoms with Gasteiger partial charge in [-0.2, -0.15) is 13.2 Å². The van der Waals surface area contributed by atoms with E-state index in [1.807, 2.05) is 0 Å². The third-order valence-corrected chi connectivity index (χ3v) is 3.87. The molecule has 7 heteroatoms. The average Bonchev–Trinajstić information content (AvgIpc) is 2.75. The van der Waals surface area contributed by atoms with Crippen LogP contribution in [0, 0.1) is 11.3 Å². The molecule has 0 bridgehead atoms. The fraction of sp³-hybridized carbons (Fsp3) is 0.833. The number of rotatable bonds is 4. The number of carboxylic acids is 1. The number of nitrogens with zero attached hydrogens (tertiary/aromatic N) is 1. The van der Waals surface area contributed by atoms with Crippen LogP contribution < -0.4 is 0 Å². The smallest absolute Gasteiger partial charge is 0.406 e. The van der Waals surface area contributed by atoms with E-state index in [1.165, 1.54) is 0 Å². The SMILES string of the molecule is CCC(CC)C(=O)N1CCC(C(=O)O)(C(F)(F)F)C1. The molecule has 0 aromatic heterocycles. The van der Waals surface area contributed by atoms with Crippen LogP contribution in [0.4, 0.5) is 13.2 Å². The van der Waals surface area contributed by atoms with Crippen LogP contribution in [0.3, 0.4) is 0 Å². The second-order valence-electron chi connectivity index (χ2n) is 4.91.